The predicted octanol–water partition coefficient (Wildman–Crippen LogP) is 5.94. The first-order valence-corrected chi connectivity index (χ1v) is 9.68. The lowest BCUT2D eigenvalue weighted by Crippen LogP contribution is -2.18. The van der Waals surface area contributed by atoms with Gasteiger partial charge in [0.25, 0.3) is 0 Å². The van der Waals surface area contributed by atoms with Crippen LogP contribution in [0, 0.1) is 0 Å². The largest absolute Gasteiger partial charge is 0.370 e. The van der Waals surface area contributed by atoms with Crippen molar-refractivity contribution in [2.45, 2.75) is 19.3 Å². The quantitative estimate of drug-likeness (QED) is 0.439. The minimum atomic E-state index is 0.790. The number of hydrogen-bond donors (Lipinski definition) is 0. The van der Waals surface area contributed by atoms with Gasteiger partial charge in [-0.05, 0) is 60.7 Å². The summed E-state index contributed by atoms with van der Waals surface area (Å²) in [4.78, 5) is 2.54. The van der Waals surface area contributed by atoms with Crippen LogP contribution in [0.5, 0.6) is 0 Å². The third-order valence-electron chi connectivity index (χ3n) is 5.40. The summed E-state index contributed by atoms with van der Waals surface area (Å²) in [6.07, 6.45) is 5.79. The Balaban J connectivity index is 1.68. The summed E-state index contributed by atoms with van der Waals surface area (Å²) in [7, 11) is 0. The van der Waals surface area contributed by atoms with Gasteiger partial charge in [0, 0.05) is 29.7 Å². The predicted molar refractivity (Wildman–Crippen MR) is 111 cm³/mol. The highest BCUT2D eigenvalue weighted by Gasteiger charge is 2.17. The molecule has 0 saturated carbocycles. The highest BCUT2D eigenvalue weighted by Crippen LogP contribution is 2.32. The van der Waals surface area contributed by atoms with Crippen molar-refractivity contribution in [3.8, 4) is 0 Å². The van der Waals surface area contributed by atoms with Crippen LogP contribution >= 0.6 is 11.6 Å². The Labute approximate surface area is 158 Å². The van der Waals surface area contributed by atoms with Crippen molar-refractivity contribution in [1.29, 1.82) is 0 Å². The number of rotatable bonds is 3. The fourth-order valence-electron chi connectivity index (χ4n) is 4.11. The normalized spacial score (nSPS) is 14.6. The van der Waals surface area contributed by atoms with E-state index in [9.17, 15) is 0 Å². The molecular formula is C23H21ClN2. The second-order valence-corrected chi connectivity index (χ2v) is 7.63. The zero-order valence-corrected chi connectivity index (χ0v) is 15.4. The van der Waals surface area contributed by atoms with Crippen molar-refractivity contribution in [3.63, 3.8) is 0 Å². The van der Waals surface area contributed by atoms with Gasteiger partial charge in [-0.2, -0.15) is 0 Å². The molecule has 0 bridgehead atoms. The van der Waals surface area contributed by atoms with Gasteiger partial charge < -0.3 is 9.30 Å². The second-order valence-electron chi connectivity index (χ2n) is 7.19. The van der Waals surface area contributed by atoms with Gasteiger partial charge in [-0.1, -0.05) is 41.9 Å². The zero-order valence-electron chi connectivity index (χ0n) is 14.7. The van der Waals surface area contributed by atoms with E-state index in [0.29, 0.717) is 0 Å². The molecule has 4 aromatic rings. The molecule has 0 spiro atoms. The Hall–Kier alpha value is -2.45. The van der Waals surface area contributed by atoms with Crippen LogP contribution in [-0.4, -0.2) is 17.5 Å². The number of benzene rings is 2. The van der Waals surface area contributed by atoms with E-state index >= 15 is 0 Å². The first-order valence-electron chi connectivity index (χ1n) is 9.30. The Morgan fingerprint density at radius 2 is 1.58 bits per heavy atom. The molecule has 0 atom stereocenters. The minimum absolute atomic E-state index is 0.790. The third-order valence-corrected chi connectivity index (χ3v) is 5.65. The van der Waals surface area contributed by atoms with E-state index in [0.717, 1.165) is 24.5 Å². The highest BCUT2D eigenvalue weighted by molar-refractivity contribution is 6.30. The molecule has 1 fully saturated rings. The maximum Gasteiger partial charge on any atom is 0.0696 e. The first kappa shape index (κ1) is 15.8. The molecule has 0 amide bonds. The maximum absolute atomic E-state index is 6.04. The van der Waals surface area contributed by atoms with Crippen LogP contribution in [0.3, 0.4) is 0 Å². The number of halogens is 1. The summed E-state index contributed by atoms with van der Waals surface area (Å²) in [5.74, 6) is 0. The average Bonchev–Trinajstić information content (AvgIpc) is 3.31. The fraction of sp³-hybridized carbons (Fsp3) is 0.217. The number of para-hydroxylation sites is 1. The van der Waals surface area contributed by atoms with Gasteiger partial charge in [-0.3, -0.25) is 0 Å². The van der Waals surface area contributed by atoms with Gasteiger partial charge in [0.2, 0.25) is 0 Å². The Kier molecular flexibility index (Phi) is 3.86. The number of anilines is 1. The molecule has 130 valence electrons. The summed E-state index contributed by atoms with van der Waals surface area (Å²) in [5, 5.41) is 2.09. The standard InChI is InChI=1S/C23H21ClN2/c24-20-9-7-17(8-10-20)13-18-14-22(25-11-3-4-12-25)23-15-19-5-1-2-6-21(19)26(23)16-18/h1-2,5-10,14-16H,3-4,11-13H2. The summed E-state index contributed by atoms with van der Waals surface area (Å²) in [5.41, 5.74) is 6.58. The van der Waals surface area contributed by atoms with Crippen LogP contribution in [0.2, 0.25) is 5.02 Å². The molecule has 2 aromatic carbocycles. The molecule has 2 aromatic heterocycles. The van der Waals surface area contributed by atoms with E-state index in [4.69, 9.17) is 11.6 Å². The van der Waals surface area contributed by atoms with Crippen LogP contribution in [0.25, 0.3) is 16.4 Å². The smallest absolute Gasteiger partial charge is 0.0696 e. The van der Waals surface area contributed by atoms with Crippen LogP contribution in [0.15, 0.2) is 66.9 Å². The first-order chi connectivity index (χ1) is 12.8. The van der Waals surface area contributed by atoms with E-state index in [1.807, 2.05) is 12.1 Å². The van der Waals surface area contributed by atoms with Crippen LogP contribution in [-0.2, 0) is 6.42 Å². The average molecular weight is 361 g/mol. The Morgan fingerprint density at radius 1 is 0.808 bits per heavy atom. The van der Waals surface area contributed by atoms with Crippen molar-refractivity contribution in [2.75, 3.05) is 18.0 Å². The number of nitrogens with zero attached hydrogens (tertiary/aromatic N) is 2. The number of fused-ring (bicyclic) bond motifs is 3. The molecule has 5 rings (SSSR count). The molecule has 0 radical (unpaired) electrons. The third kappa shape index (κ3) is 2.75. The molecule has 0 unspecified atom stereocenters. The number of pyridine rings is 1. The molecule has 1 aliphatic heterocycles. The van der Waals surface area contributed by atoms with Crippen LogP contribution < -0.4 is 4.90 Å². The van der Waals surface area contributed by atoms with E-state index in [2.05, 4.69) is 64.0 Å². The fourth-order valence-corrected chi connectivity index (χ4v) is 4.24. The second kappa shape index (κ2) is 6.37. The van der Waals surface area contributed by atoms with E-state index in [-0.39, 0.29) is 0 Å². The van der Waals surface area contributed by atoms with Crippen molar-refractivity contribution in [2.24, 2.45) is 0 Å². The molecule has 0 N–H and O–H groups in total. The summed E-state index contributed by atoms with van der Waals surface area (Å²) >= 11 is 6.04. The van der Waals surface area contributed by atoms with E-state index in [1.165, 1.54) is 46.1 Å². The summed E-state index contributed by atoms with van der Waals surface area (Å²) in [6.45, 7) is 2.31. The molecule has 3 heteroatoms. The molecule has 3 heterocycles. The molecule has 2 nitrogen and oxygen atoms in total. The van der Waals surface area contributed by atoms with Crippen molar-refractivity contribution < 1.29 is 0 Å². The van der Waals surface area contributed by atoms with Crippen LogP contribution in [0.4, 0.5) is 5.69 Å². The lowest BCUT2D eigenvalue weighted by molar-refractivity contribution is 0.949. The molecule has 0 aliphatic carbocycles. The van der Waals surface area contributed by atoms with Gasteiger partial charge in [0.1, 0.15) is 0 Å². The highest BCUT2D eigenvalue weighted by atomic mass is 35.5. The monoisotopic (exact) mass is 360 g/mol. The minimum Gasteiger partial charge on any atom is -0.370 e. The van der Waals surface area contributed by atoms with Gasteiger partial charge >= 0.3 is 0 Å². The van der Waals surface area contributed by atoms with Gasteiger partial charge in [-0.15, -0.1) is 0 Å². The lowest BCUT2D eigenvalue weighted by Gasteiger charge is -2.20. The number of aromatic nitrogens is 1. The van der Waals surface area contributed by atoms with Crippen LogP contribution in [0.1, 0.15) is 24.0 Å². The summed E-state index contributed by atoms with van der Waals surface area (Å²) in [6, 6.07) is 21.6. The van der Waals surface area contributed by atoms with Gasteiger partial charge in [0.05, 0.1) is 16.7 Å². The van der Waals surface area contributed by atoms with Crippen molar-refractivity contribution in [3.05, 3.63) is 83.0 Å². The molecule has 26 heavy (non-hydrogen) atoms. The van der Waals surface area contributed by atoms with E-state index < -0.39 is 0 Å². The van der Waals surface area contributed by atoms with Crippen molar-refractivity contribution in [1.82, 2.24) is 4.40 Å². The summed E-state index contributed by atoms with van der Waals surface area (Å²) < 4.78 is 2.37. The molecule has 1 aliphatic rings. The molecule has 1 saturated heterocycles. The topological polar surface area (TPSA) is 7.65 Å². The Bertz CT molecular complexity index is 1070. The zero-order chi connectivity index (χ0) is 17.5. The van der Waals surface area contributed by atoms with Gasteiger partial charge in [-0.25, -0.2) is 0 Å². The van der Waals surface area contributed by atoms with Crippen molar-refractivity contribution >= 4 is 33.7 Å². The Morgan fingerprint density at radius 3 is 2.38 bits per heavy atom. The van der Waals surface area contributed by atoms with E-state index in [1.54, 1.807) is 0 Å². The van der Waals surface area contributed by atoms with Gasteiger partial charge in [0.15, 0.2) is 0 Å². The maximum atomic E-state index is 6.04. The SMILES string of the molecule is Clc1ccc(Cc2cc(N3CCCC3)c3cc4ccccc4n3c2)cc1. The lowest BCUT2D eigenvalue weighted by atomic mass is 10.1. The number of hydrogen-bond acceptors (Lipinski definition) is 1. The molecular weight excluding hydrogens is 340 g/mol.